The Morgan fingerprint density at radius 1 is 0.829 bits per heavy atom. The molecule has 0 N–H and O–H groups in total. The lowest BCUT2D eigenvalue weighted by molar-refractivity contribution is 0.267. The fraction of sp³-hybridized carbons (Fsp3) is 0.286. The Morgan fingerprint density at radius 2 is 1.51 bits per heavy atom. The van der Waals surface area contributed by atoms with Crippen LogP contribution in [0.3, 0.4) is 0 Å². The highest BCUT2D eigenvalue weighted by Crippen LogP contribution is 2.36. The predicted molar refractivity (Wildman–Crippen MR) is 140 cm³/mol. The Labute approximate surface area is 210 Å². The molecule has 0 unspecified atom stereocenters. The SMILES string of the molecule is COc1cccc(OC)c1OCCCCCCn1c(-c2ccc(Cl)cc2)nc2ccccc2c1=O. The van der Waals surface area contributed by atoms with Crippen molar-refractivity contribution < 1.29 is 14.2 Å². The zero-order valence-corrected chi connectivity index (χ0v) is 20.8. The van der Waals surface area contributed by atoms with Gasteiger partial charge in [0.2, 0.25) is 5.75 Å². The molecule has 0 saturated heterocycles. The quantitative estimate of drug-likeness (QED) is 0.227. The van der Waals surface area contributed by atoms with Gasteiger partial charge in [-0.25, -0.2) is 4.98 Å². The zero-order valence-electron chi connectivity index (χ0n) is 20.0. The average molecular weight is 493 g/mol. The van der Waals surface area contributed by atoms with E-state index < -0.39 is 0 Å². The van der Waals surface area contributed by atoms with Crippen molar-refractivity contribution in [2.45, 2.75) is 32.2 Å². The summed E-state index contributed by atoms with van der Waals surface area (Å²) in [4.78, 5) is 18.1. The van der Waals surface area contributed by atoms with Crippen LogP contribution in [0.15, 0.2) is 71.5 Å². The molecule has 4 aromatic rings. The molecule has 6 nitrogen and oxygen atoms in total. The van der Waals surface area contributed by atoms with Gasteiger partial charge in [-0.3, -0.25) is 9.36 Å². The van der Waals surface area contributed by atoms with Gasteiger partial charge in [0.25, 0.3) is 5.56 Å². The van der Waals surface area contributed by atoms with Crippen LogP contribution in [0.5, 0.6) is 17.2 Å². The molecule has 0 fully saturated rings. The molecular weight excluding hydrogens is 464 g/mol. The molecule has 3 aromatic carbocycles. The van der Waals surface area contributed by atoms with Crippen LogP contribution in [0.25, 0.3) is 22.3 Å². The van der Waals surface area contributed by atoms with Gasteiger partial charge >= 0.3 is 0 Å². The van der Waals surface area contributed by atoms with Crippen LogP contribution in [-0.2, 0) is 6.54 Å². The van der Waals surface area contributed by atoms with Crippen LogP contribution in [0, 0.1) is 0 Å². The Balaban J connectivity index is 1.39. The number of nitrogens with zero attached hydrogens (tertiary/aromatic N) is 2. The highest BCUT2D eigenvalue weighted by molar-refractivity contribution is 6.30. The van der Waals surface area contributed by atoms with E-state index in [0.717, 1.165) is 31.2 Å². The maximum absolute atomic E-state index is 13.3. The number of unbranched alkanes of at least 4 members (excludes halogenated alkanes) is 3. The molecule has 0 aliphatic carbocycles. The van der Waals surface area contributed by atoms with Crippen molar-refractivity contribution in [3.63, 3.8) is 0 Å². The summed E-state index contributed by atoms with van der Waals surface area (Å²) in [6.07, 6.45) is 3.68. The number of fused-ring (bicyclic) bond motifs is 1. The highest BCUT2D eigenvalue weighted by Gasteiger charge is 2.13. The minimum Gasteiger partial charge on any atom is -0.493 e. The fourth-order valence-corrected chi connectivity index (χ4v) is 4.18. The van der Waals surface area contributed by atoms with Gasteiger partial charge in [-0.2, -0.15) is 0 Å². The van der Waals surface area contributed by atoms with E-state index in [-0.39, 0.29) is 5.56 Å². The van der Waals surface area contributed by atoms with Crippen LogP contribution in [0.1, 0.15) is 25.7 Å². The van der Waals surface area contributed by atoms with E-state index in [1.807, 2.05) is 66.7 Å². The van der Waals surface area contributed by atoms with Gasteiger partial charge in [0.05, 0.1) is 31.7 Å². The van der Waals surface area contributed by atoms with Gasteiger partial charge in [0.1, 0.15) is 5.82 Å². The second kappa shape index (κ2) is 11.8. The highest BCUT2D eigenvalue weighted by atomic mass is 35.5. The number of benzene rings is 3. The lowest BCUT2D eigenvalue weighted by atomic mass is 10.1. The minimum atomic E-state index is -0.0212. The van der Waals surface area contributed by atoms with Crippen molar-refractivity contribution >= 4 is 22.5 Å². The van der Waals surface area contributed by atoms with Gasteiger partial charge < -0.3 is 14.2 Å². The Morgan fingerprint density at radius 3 is 2.23 bits per heavy atom. The molecule has 0 radical (unpaired) electrons. The summed E-state index contributed by atoms with van der Waals surface area (Å²) in [6, 6.07) is 20.5. The summed E-state index contributed by atoms with van der Waals surface area (Å²) in [5.74, 6) is 2.60. The van der Waals surface area contributed by atoms with Crippen molar-refractivity contribution in [2.75, 3.05) is 20.8 Å². The molecule has 7 heteroatoms. The van der Waals surface area contributed by atoms with E-state index in [1.54, 1.807) is 18.8 Å². The molecule has 0 saturated carbocycles. The lowest BCUT2D eigenvalue weighted by Gasteiger charge is -2.15. The van der Waals surface area contributed by atoms with Crippen LogP contribution >= 0.6 is 11.6 Å². The molecule has 0 aliphatic rings. The Bertz CT molecular complexity index is 1310. The van der Waals surface area contributed by atoms with Gasteiger partial charge in [-0.15, -0.1) is 0 Å². The van der Waals surface area contributed by atoms with E-state index in [9.17, 15) is 4.79 Å². The number of aromatic nitrogens is 2. The number of hydrogen-bond acceptors (Lipinski definition) is 5. The van der Waals surface area contributed by atoms with E-state index in [4.69, 9.17) is 30.8 Å². The van der Waals surface area contributed by atoms with Crippen LogP contribution < -0.4 is 19.8 Å². The van der Waals surface area contributed by atoms with E-state index >= 15 is 0 Å². The number of rotatable bonds is 11. The number of halogens is 1. The molecule has 0 bridgehead atoms. The summed E-state index contributed by atoms with van der Waals surface area (Å²) in [7, 11) is 3.23. The standard InChI is InChI=1S/C28H29ClN2O4/c1-33-24-12-9-13-25(34-2)26(24)35-19-8-4-3-7-18-31-27(20-14-16-21(29)17-15-20)30-23-11-6-5-10-22(23)28(31)32/h5-6,9-17H,3-4,7-8,18-19H2,1-2H3. The van der Waals surface area contributed by atoms with Crippen molar-refractivity contribution in [2.24, 2.45) is 0 Å². The van der Waals surface area contributed by atoms with Gasteiger partial charge in [-0.05, 0) is 61.4 Å². The number of ether oxygens (including phenoxy) is 3. The van der Waals surface area contributed by atoms with Crippen molar-refractivity contribution in [1.29, 1.82) is 0 Å². The second-order valence-electron chi connectivity index (χ2n) is 8.17. The van der Waals surface area contributed by atoms with Gasteiger partial charge in [-0.1, -0.05) is 42.6 Å². The smallest absolute Gasteiger partial charge is 0.261 e. The summed E-state index contributed by atoms with van der Waals surface area (Å²) in [5.41, 5.74) is 1.55. The minimum absolute atomic E-state index is 0.0212. The summed E-state index contributed by atoms with van der Waals surface area (Å²) < 4.78 is 18.5. The summed E-state index contributed by atoms with van der Waals surface area (Å²) in [5, 5.41) is 1.28. The number of methoxy groups -OCH3 is 2. The molecule has 1 heterocycles. The second-order valence-corrected chi connectivity index (χ2v) is 8.61. The van der Waals surface area contributed by atoms with E-state index in [1.165, 1.54) is 0 Å². The third kappa shape index (κ3) is 5.77. The fourth-order valence-electron chi connectivity index (χ4n) is 4.05. The summed E-state index contributed by atoms with van der Waals surface area (Å²) in [6.45, 7) is 1.15. The molecule has 182 valence electrons. The molecule has 0 atom stereocenters. The largest absolute Gasteiger partial charge is 0.493 e. The van der Waals surface area contributed by atoms with Gasteiger partial charge in [0.15, 0.2) is 11.5 Å². The third-order valence-electron chi connectivity index (χ3n) is 5.87. The summed E-state index contributed by atoms with van der Waals surface area (Å²) >= 11 is 6.07. The number of para-hydroxylation sites is 2. The van der Waals surface area contributed by atoms with E-state index in [0.29, 0.717) is 52.2 Å². The van der Waals surface area contributed by atoms with Crippen LogP contribution in [0.4, 0.5) is 0 Å². The van der Waals surface area contributed by atoms with Crippen LogP contribution in [0.2, 0.25) is 5.02 Å². The van der Waals surface area contributed by atoms with Crippen molar-refractivity contribution in [3.8, 4) is 28.6 Å². The third-order valence-corrected chi connectivity index (χ3v) is 6.12. The first-order chi connectivity index (χ1) is 17.1. The maximum atomic E-state index is 13.3. The molecule has 0 aliphatic heterocycles. The van der Waals surface area contributed by atoms with Crippen molar-refractivity contribution in [1.82, 2.24) is 9.55 Å². The molecule has 35 heavy (non-hydrogen) atoms. The Hall–Kier alpha value is -3.51. The van der Waals surface area contributed by atoms with Crippen LogP contribution in [-0.4, -0.2) is 30.4 Å². The average Bonchev–Trinajstić information content (AvgIpc) is 2.89. The van der Waals surface area contributed by atoms with Gasteiger partial charge in [0, 0.05) is 17.1 Å². The predicted octanol–water partition coefficient (Wildman–Crippen LogP) is 6.37. The number of hydrogen-bond donors (Lipinski definition) is 0. The molecule has 1 aromatic heterocycles. The topological polar surface area (TPSA) is 62.6 Å². The first-order valence-electron chi connectivity index (χ1n) is 11.7. The lowest BCUT2D eigenvalue weighted by Crippen LogP contribution is -2.23. The zero-order chi connectivity index (χ0) is 24.6. The molecule has 0 spiro atoms. The monoisotopic (exact) mass is 492 g/mol. The molecular formula is C28H29ClN2O4. The molecule has 0 amide bonds. The van der Waals surface area contributed by atoms with E-state index in [2.05, 4.69) is 0 Å². The molecule has 4 rings (SSSR count). The Kier molecular flexibility index (Phi) is 8.27. The maximum Gasteiger partial charge on any atom is 0.261 e. The first kappa shape index (κ1) is 24.6. The normalized spacial score (nSPS) is 10.9. The first-order valence-corrected chi connectivity index (χ1v) is 12.1. The van der Waals surface area contributed by atoms with Crippen molar-refractivity contribution in [3.05, 3.63) is 82.1 Å².